The Hall–Kier alpha value is -2.95. The number of nitrogens with zero attached hydrogens (tertiary/aromatic N) is 8. The van der Waals surface area contributed by atoms with Gasteiger partial charge in [0, 0.05) is 0 Å². The van der Waals surface area contributed by atoms with Gasteiger partial charge in [-0.05, 0) is 57.9 Å². The minimum Gasteiger partial charge on any atom is -0.201 e. The zero-order chi connectivity index (χ0) is 19.0. The third kappa shape index (κ3) is 3.37. The topological polar surface area (TPSA) is 86.7 Å². The molecule has 0 radical (unpaired) electrons. The van der Waals surface area contributed by atoms with Crippen LogP contribution >= 0.6 is 11.8 Å². The summed E-state index contributed by atoms with van der Waals surface area (Å²) < 4.78 is 28.6. The van der Waals surface area contributed by atoms with Crippen LogP contribution in [0.5, 0.6) is 0 Å². The quantitative estimate of drug-likeness (QED) is 0.518. The molecule has 4 rings (SSSR count). The van der Waals surface area contributed by atoms with Crippen molar-refractivity contribution < 1.29 is 8.78 Å². The van der Waals surface area contributed by atoms with Gasteiger partial charge in [0.25, 0.3) is 6.43 Å². The van der Waals surface area contributed by atoms with E-state index in [9.17, 15) is 8.78 Å². The molecule has 4 aromatic rings. The molecule has 0 fully saturated rings. The third-order valence-electron chi connectivity index (χ3n) is 3.90. The summed E-state index contributed by atoms with van der Waals surface area (Å²) in [4.78, 5) is 0. The Morgan fingerprint density at radius 1 is 0.963 bits per heavy atom. The minimum atomic E-state index is -2.77. The Morgan fingerprint density at radius 3 is 2.44 bits per heavy atom. The molecular weight excluding hydrogens is 374 g/mol. The lowest BCUT2D eigenvalue weighted by Gasteiger charge is -2.08. The van der Waals surface area contributed by atoms with E-state index in [1.807, 2.05) is 24.3 Å². The predicted octanol–water partition coefficient (Wildman–Crippen LogP) is 3.31. The van der Waals surface area contributed by atoms with Crippen molar-refractivity contribution in [2.24, 2.45) is 0 Å². The Balaban J connectivity index is 1.65. The van der Waals surface area contributed by atoms with E-state index in [-0.39, 0.29) is 5.65 Å². The molecule has 3 aromatic heterocycles. The van der Waals surface area contributed by atoms with Crippen molar-refractivity contribution in [2.45, 2.75) is 36.4 Å². The highest BCUT2D eigenvalue weighted by atomic mass is 32.2. The molecule has 0 aliphatic carbocycles. The van der Waals surface area contributed by atoms with Crippen LogP contribution in [0.2, 0.25) is 0 Å². The maximum Gasteiger partial charge on any atom is 0.299 e. The number of aromatic nitrogens is 8. The van der Waals surface area contributed by atoms with Gasteiger partial charge in [-0.25, -0.2) is 8.78 Å². The molecule has 0 bridgehead atoms. The summed E-state index contributed by atoms with van der Waals surface area (Å²) in [5.41, 5.74) is 2.25. The Morgan fingerprint density at radius 2 is 1.74 bits per heavy atom. The molecule has 1 aromatic carbocycles. The summed E-state index contributed by atoms with van der Waals surface area (Å²) in [5.74, 6) is -0.0816. The molecule has 0 atom stereocenters. The average Bonchev–Trinajstić information content (AvgIpc) is 3.28. The molecule has 0 saturated heterocycles. The molecule has 27 heavy (non-hydrogen) atoms. The zero-order valence-corrected chi connectivity index (χ0v) is 15.2. The number of hydrogen-bond acceptors (Lipinski definition) is 7. The fraction of sp³-hybridized carbons (Fsp3) is 0.250. The Bertz CT molecular complexity index is 1070. The Labute approximate surface area is 156 Å². The minimum absolute atomic E-state index is 0.249. The molecule has 0 spiro atoms. The summed E-state index contributed by atoms with van der Waals surface area (Å²) in [5, 5.41) is 24.0. The molecule has 0 aliphatic heterocycles. The van der Waals surface area contributed by atoms with E-state index >= 15 is 0 Å². The second-order valence-corrected chi connectivity index (χ2v) is 7.01. The monoisotopic (exact) mass is 388 g/mol. The number of tetrazole rings is 1. The highest BCUT2D eigenvalue weighted by molar-refractivity contribution is 7.99. The van der Waals surface area contributed by atoms with Gasteiger partial charge in [0.2, 0.25) is 11.0 Å². The molecular formula is C16H14F2N8S. The van der Waals surface area contributed by atoms with Gasteiger partial charge in [0.1, 0.15) is 5.03 Å². The Kier molecular flexibility index (Phi) is 4.52. The number of hydrogen-bond donors (Lipinski definition) is 0. The van der Waals surface area contributed by atoms with E-state index in [4.69, 9.17) is 0 Å². The molecule has 0 unspecified atom stereocenters. The van der Waals surface area contributed by atoms with E-state index in [1.54, 1.807) is 16.8 Å². The number of benzene rings is 1. The number of halogens is 2. The van der Waals surface area contributed by atoms with Crippen LogP contribution < -0.4 is 0 Å². The van der Waals surface area contributed by atoms with Crippen molar-refractivity contribution in [2.75, 3.05) is 0 Å². The second kappa shape index (κ2) is 6.99. The van der Waals surface area contributed by atoms with Crippen LogP contribution in [0.3, 0.4) is 0 Å². The van der Waals surface area contributed by atoms with Gasteiger partial charge in [-0.15, -0.1) is 15.3 Å². The van der Waals surface area contributed by atoms with Crippen molar-refractivity contribution in [1.82, 2.24) is 40.0 Å². The van der Waals surface area contributed by atoms with Gasteiger partial charge in [-0.1, -0.05) is 26.0 Å². The van der Waals surface area contributed by atoms with Crippen LogP contribution in [0, 0.1) is 0 Å². The van der Waals surface area contributed by atoms with Gasteiger partial charge in [-0.2, -0.15) is 14.3 Å². The van der Waals surface area contributed by atoms with Crippen molar-refractivity contribution in [3.05, 3.63) is 47.8 Å². The van der Waals surface area contributed by atoms with Gasteiger partial charge >= 0.3 is 0 Å². The standard InChI is InChI=1S/C16H14F2N8S/c1-9(2)10-3-5-11(6-4-10)25-16(21-23-24-25)27-13-8-7-12-19-20-15(14(17)18)26(12)22-13/h3-9,14H,1-2H3. The molecule has 138 valence electrons. The van der Waals surface area contributed by atoms with Crippen LogP contribution in [0.4, 0.5) is 8.78 Å². The summed E-state index contributed by atoms with van der Waals surface area (Å²) in [7, 11) is 0. The van der Waals surface area contributed by atoms with Crippen molar-refractivity contribution in [3.8, 4) is 5.69 Å². The summed E-state index contributed by atoms with van der Waals surface area (Å²) in [6, 6.07) is 11.1. The first-order valence-electron chi connectivity index (χ1n) is 8.10. The molecule has 0 N–H and O–H groups in total. The first-order valence-corrected chi connectivity index (χ1v) is 8.91. The molecule has 0 amide bonds. The van der Waals surface area contributed by atoms with Crippen molar-refractivity contribution in [3.63, 3.8) is 0 Å². The van der Waals surface area contributed by atoms with E-state index < -0.39 is 12.2 Å². The van der Waals surface area contributed by atoms with Gasteiger partial charge in [-0.3, -0.25) is 0 Å². The summed E-state index contributed by atoms with van der Waals surface area (Å²) >= 11 is 1.16. The molecule has 11 heteroatoms. The lowest BCUT2D eigenvalue weighted by Crippen LogP contribution is -2.02. The van der Waals surface area contributed by atoms with E-state index in [0.717, 1.165) is 22.0 Å². The van der Waals surface area contributed by atoms with Crippen molar-refractivity contribution >= 4 is 17.4 Å². The molecule has 3 heterocycles. The number of alkyl halides is 2. The van der Waals surface area contributed by atoms with E-state index in [1.165, 1.54) is 5.56 Å². The highest BCUT2D eigenvalue weighted by Crippen LogP contribution is 2.27. The van der Waals surface area contributed by atoms with Crippen LogP contribution in [-0.2, 0) is 0 Å². The van der Waals surface area contributed by atoms with Gasteiger partial charge in [0.15, 0.2) is 5.65 Å². The summed E-state index contributed by atoms with van der Waals surface area (Å²) in [6.45, 7) is 4.24. The van der Waals surface area contributed by atoms with Crippen LogP contribution in [0.15, 0.2) is 46.6 Å². The van der Waals surface area contributed by atoms with E-state index in [0.29, 0.717) is 16.1 Å². The number of rotatable bonds is 5. The maximum atomic E-state index is 13.0. The van der Waals surface area contributed by atoms with Crippen LogP contribution in [0.25, 0.3) is 11.3 Å². The first kappa shape index (κ1) is 17.5. The lowest BCUT2D eigenvalue weighted by atomic mass is 10.0. The number of fused-ring (bicyclic) bond motifs is 1. The fourth-order valence-electron chi connectivity index (χ4n) is 2.48. The van der Waals surface area contributed by atoms with Crippen LogP contribution in [-0.4, -0.2) is 40.0 Å². The second-order valence-electron chi connectivity index (χ2n) is 6.02. The summed E-state index contributed by atoms with van der Waals surface area (Å²) in [6.07, 6.45) is -2.77. The normalized spacial score (nSPS) is 11.8. The van der Waals surface area contributed by atoms with Gasteiger partial charge < -0.3 is 0 Å². The fourth-order valence-corrected chi connectivity index (χ4v) is 3.23. The predicted molar refractivity (Wildman–Crippen MR) is 93.1 cm³/mol. The van der Waals surface area contributed by atoms with Gasteiger partial charge in [0.05, 0.1) is 5.69 Å². The molecule has 0 aliphatic rings. The largest absolute Gasteiger partial charge is 0.299 e. The average molecular weight is 388 g/mol. The van der Waals surface area contributed by atoms with Crippen molar-refractivity contribution in [1.29, 1.82) is 0 Å². The highest BCUT2D eigenvalue weighted by Gasteiger charge is 2.18. The molecule has 0 saturated carbocycles. The smallest absolute Gasteiger partial charge is 0.201 e. The van der Waals surface area contributed by atoms with E-state index in [2.05, 4.69) is 44.7 Å². The van der Waals surface area contributed by atoms with Crippen LogP contribution in [0.1, 0.15) is 37.6 Å². The zero-order valence-electron chi connectivity index (χ0n) is 14.4. The first-order chi connectivity index (χ1) is 13.0. The maximum absolute atomic E-state index is 13.0. The lowest BCUT2D eigenvalue weighted by molar-refractivity contribution is 0.137. The third-order valence-corrected chi connectivity index (χ3v) is 4.76. The SMILES string of the molecule is CC(C)c1ccc(-n2nnnc2Sc2ccc3nnc(C(F)F)n3n2)cc1. The molecule has 8 nitrogen and oxygen atoms in total.